The summed E-state index contributed by atoms with van der Waals surface area (Å²) in [4.78, 5) is 9.88. The topological polar surface area (TPSA) is 26.3 Å². The molecule has 1 rings (SSSR count). The second kappa shape index (κ2) is 5.06. The summed E-state index contributed by atoms with van der Waals surface area (Å²) in [6.07, 6.45) is 1.48. The van der Waals surface area contributed by atoms with Gasteiger partial charge in [0.25, 0.3) is 0 Å². The van der Waals surface area contributed by atoms with Crippen LogP contribution in [0.3, 0.4) is 0 Å². The molecule has 1 aromatic rings. The number of benzene rings is 1. The van der Waals surface area contributed by atoms with E-state index >= 15 is 0 Å². The Morgan fingerprint density at radius 3 is 2.73 bits per heavy atom. The van der Waals surface area contributed by atoms with Crippen LogP contribution in [0.25, 0.3) is 0 Å². The maximum atomic E-state index is 12.0. The molecule has 0 unspecified atom stereocenters. The minimum absolute atomic E-state index is 0.0194. The van der Waals surface area contributed by atoms with Gasteiger partial charge in [-0.3, -0.25) is 4.79 Å². The normalized spacial score (nSPS) is 11.1. The number of thioether (sulfide) groups is 1. The average molecular weight is 235 g/mol. The monoisotopic (exact) mass is 235 g/mol. The first kappa shape index (κ1) is 11.9. The fourth-order valence-corrected chi connectivity index (χ4v) is 1.46. The third kappa shape index (κ3) is 4.73. The maximum absolute atomic E-state index is 12.0. The smallest absolute Gasteiger partial charge is 0.446 e. The maximum Gasteiger partial charge on any atom is 0.446 e. The van der Waals surface area contributed by atoms with Gasteiger partial charge >= 0.3 is 5.51 Å². The number of rotatable bonds is 4. The molecule has 0 saturated carbocycles. The third-order valence-corrected chi connectivity index (χ3v) is 2.06. The number of alkyl halides is 3. The van der Waals surface area contributed by atoms with Gasteiger partial charge in [-0.25, -0.2) is 0 Å². The van der Waals surface area contributed by atoms with E-state index in [0.29, 0.717) is 0 Å². The van der Waals surface area contributed by atoms with Crippen molar-refractivity contribution in [2.24, 2.45) is 0 Å². The number of hydrogen-bond acceptors (Lipinski definition) is 3. The third-order valence-electron chi connectivity index (χ3n) is 1.34. The standard InChI is InChI=1S/C9H6F3O2S/c10-9(11,12)15-8-3-1-2-7(6-8)14-5-4-13/h1-3,6H,5H2. The van der Waals surface area contributed by atoms with Gasteiger partial charge < -0.3 is 4.74 Å². The van der Waals surface area contributed by atoms with Crippen molar-refractivity contribution in [2.45, 2.75) is 10.4 Å². The molecule has 1 radical (unpaired) electrons. The van der Waals surface area contributed by atoms with Crippen LogP contribution >= 0.6 is 11.8 Å². The molecule has 0 N–H and O–H groups in total. The number of halogens is 3. The van der Waals surface area contributed by atoms with Gasteiger partial charge in [-0.2, -0.15) is 13.2 Å². The predicted octanol–water partition coefficient (Wildman–Crippen LogP) is 2.79. The lowest BCUT2D eigenvalue weighted by molar-refractivity contribution is -0.0328. The van der Waals surface area contributed by atoms with Gasteiger partial charge in [0, 0.05) is 4.90 Å². The van der Waals surface area contributed by atoms with Crippen LogP contribution in [-0.2, 0) is 4.79 Å². The van der Waals surface area contributed by atoms with E-state index in [-0.39, 0.29) is 29.0 Å². The van der Waals surface area contributed by atoms with Gasteiger partial charge in [-0.1, -0.05) is 6.07 Å². The Hall–Kier alpha value is -1.17. The molecule has 0 aliphatic heterocycles. The fourth-order valence-electron chi connectivity index (χ4n) is 0.874. The first-order valence-electron chi connectivity index (χ1n) is 3.85. The summed E-state index contributed by atoms with van der Waals surface area (Å²) in [7, 11) is 0. The highest BCUT2D eigenvalue weighted by molar-refractivity contribution is 8.00. The second-order valence-corrected chi connectivity index (χ2v) is 3.59. The minimum Gasteiger partial charge on any atom is -0.485 e. The highest BCUT2D eigenvalue weighted by atomic mass is 32.2. The van der Waals surface area contributed by atoms with Crippen molar-refractivity contribution < 1.29 is 22.7 Å². The summed E-state index contributed by atoms with van der Waals surface area (Å²) in [5, 5.41) is 0. The molecular formula is C9H6F3O2S. The highest BCUT2D eigenvalue weighted by Gasteiger charge is 2.29. The van der Waals surface area contributed by atoms with E-state index in [2.05, 4.69) is 0 Å². The van der Waals surface area contributed by atoms with Gasteiger partial charge in [-0.05, 0) is 30.0 Å². The van der Waals surface area contributed by atoms with Gasteiger partial charge in [0.1, 0.15) is 5.75 Å². The zero-order valence-electron chi connectivity index (χ0n) is 7.38. The summed E-state index contributed by atoms with van der Waals surface area (Å²) in [5.41, 5.74) is -4.32. The van der Waals surface area contributed by atoms with E-state index < -0.39 is 5.51 Å². The summed E-state index contributed by atoms with van der Waals surface area (Å²) < 4.78 is 40.8. The molecule has 6 heteroatoms. The Kier molecular flexibility index (Phi) is 4.02. The van der Waals surface area contributed by atoms with Crippen LogP contribution in [0.15, 0.2) is 29.2 Å². The zero-order valence-corrected chi connectivity index (χ0v) is 8.19. The van der Waals surface area contributed by atoms with Crippen LogP contribution in [0.1, 0.15) is 0 Å². The first-order valence-corrected chi connectivity index (χ1v) is 4.66. The molecule has 0 bridgehead atoms. The van der Waals surface area contributed by atoms with E-state index in [4.69, 9.17) is 4.74 Å². The molecule has 81 valence electrons. The lowest BCUT2D eigenvalue weighted by Crippen LogP contribution is -2.00. The van der Waals surface area contributed by atoms with Crippen LogP contribution in [0.5, 0.6) is 5.75 Å². The number of carbonyl (C=O) groups excluding carboxylic acids is 1. The van der Waals surface area contributed by atoms with Crippen molar-refractivity contribution in [2.75, 3.05) is 6.61 Å². The van der Waals surface area contributed by atoms with Crippen molar-refractivity contribution in [1.29, 1.82) is 0 Å². The molecule has 0 amide bonds. The fraction of sp³-hybridized carbons (Fsp3) is 0.222. The molecule has 0 aliphatic carbocycles. The number of ether oxygens (including phenoxy) is 1. The number of hydrogen-bond donors (Lipinski definition) is 0. The zero-order chi connectivity index (χ0) is 11.3. The molecule has 2 nitrogen and oxygen atoms in total. The Morgan fingerprint density at radius 1 is 1.40 bits per heavy atom. The molecule has 0 aliphatic rings. The molecule has 1 aromatic carbocycles. The van der Waals surface area contributed by atoms with Crippen molar-refractivity contribution >= 4 is 18.0 Å². The molecule has 0 spiro atoms. The van der Waals surface area contributed by atoms with Crippen LogP contribution in [0, 0.1) is 0 Å². The van der Waals surface area contributed by atoms with Gasteiger partial charge in [0.2, 0.25) is 6.29 Å². The van der Waals surface area contributed by atoms with Crippen molar-refractivity contribution in [3.8, 4) is 5.75 Å². The quantitative estimate of drug-likeness (QED) is 0.750. The van der Waals surface area contributed by atoms with E-state index in [9.17, 15) is 18.0 Å². The molecule has 0 heterocycles. The van der Waals surface area contributed by atoms with E-state index in [0.717, 1.165) is 0 Å². The first-order chi connectivity index (χ1) is 7.01. The Morgan fingerprint density at radius 2 is 2.13 bits per heavy atom. The van der Waals surface area contributed by atoms with Crippen LogP contribution in [-0.4, -0.2) is 18.4 Å². The Bertz CT molecular complexity index is 338. The second-order valence-electron chi connectivity index (χ2n) is 2.46. The van der Waals surface area contributed by atoms with Gasteiger partial charge in [0.15, 0.2) is 6.61 Å². The Balaban J connectivity index is 2.69. The minimum atomic E-state index is -4.32. The van der Waals surface area contributed by atoms with E-state index in [1.54, 1.807) is 0 Å². The van der Waals surface area contributed by atoms with Gasteiger partial charge in [0.05, 0.1) is 0 Å². The average Bonchev–Trinajstić information content (AvgIpc) is 2.12. The Labute approximate surface area is 88.4 Å². The van der Waals surface area contributed by atoms with E-state index in [1.165, 1.54) is 30.6 Å². The molecule has 0 aromatic heterocycles. The van der Waals surface area contributed by atoms with Crippen LogP contribution in [0.4, 0.5) is 13.2 Å². The molecule has 0 fully saturated rings. The van der Waals surface area contributed by atoms with E-state index in [1.807, 2.05) is 0 Å². The van der Waals surface area contributed by atoms with Crippen LogP contribution < -0.4 is 4.74 Å². The SMILES string of the molecule is O=[C]COc1cccc(SC(F)(F)F)c1. The molecule has 0 saturated heterocycles. The lowest BCUT2D eigenvalue weighted by Gasteiger charge is -2.07. The highest BCUT2D eigenvalue weighted by Crippen LogP contribution is 2.37. The largest absolute Gasteiger partial charge is 0.485 e. The summed E-state index contributed by atoms with van der Waals surface area (Å²) in [6.45, 7) is -0.292. The molecule has 15 heavy (non-hydrogen) atoms. The summed E-state index contributed by atoms with van der Waals surface area (Å²) in [6, 6.07) is 5.43. The van der Waals surface area contributed by atoms with Crippen molar-refractivity contribution in [3.05, 3.63) is 24.3 Å². The van der Waals surface area contributed by atoms with Gasteiger partial charge in [-0.15, -0.1) is 0 Å². The lowest BCUT2D eigenvalue weighted by atomic mass is 10.3. The van der Waals surface area contributed by atoms with Crippen molar-refractivity contribution in [1.82, 2.24) is 0 Å². The predicted molar refractivity (Wildman–Crippen MR) is 49.5 cm³/mol. The molecular weight excluding hydrogens is 229 g/mol. The van der Waals surface area contributed by atoms with Crippen LogP contribution in [0.2, 0.25) is 0 Å². The van der Waals surface area contributed by atoms with Crippen molar-refractivity contribution in [3.63, 3.8) is 0 Å². The molecule has 0 atom stereocenters. The summed E-state index contributed by atoms with van der Waals surface area (Å²) in [5.74, 6) is 0.215. The summed E-state index contributed by atoms with van der Waals surface area (Å²) >= 11 is -0.230.